The van der Waals surface area contributed by atoms with Crippen LogP contribution < -0.4 is 14.8 Å². The Morgan fingerprint density at radius 3 is 2.22 bits per heavy atom. The molecule has 2 aliphatic rings. The van der Waals surface area contributed by atoms with E-state index < -0.39 is 11.8 Å². The second-order valence-electron chi connectivity index (χ2n) is 7.74. The predicted octanol–water partition coefficient (Wildman–Crippen LogP) is 1.83. The lowest BCUT2D eigenvalue weighted by molar-refractivity contribution is -0.146. The summed E-state index contributed by atoms with van der Waals surface area (Å²) in [4.78, 5) is 52.3. The average molecular weight is 444 g/mol. The van der Waals surface area contributed by atoms with Crippen molar-refractivity contribution in [2.75, 3.05) is 38.7 Å². The summed E-state index contributed by atoms with van der Waals surface area (Å²) < 4.78 is 11.1. The van der Waals surface area contributed by atoms with E-state index in [1.54, 1.807) is 18.2 Å². The van der Waals surface area contributed by atoms with Crippen molar-refractivity contribution in [3.05, 3.63) is 30.4 Å². The molecule has 1 fully saturated rings. The van der Waals surface area contributed by atoms with E-state index in [0.717, 1.165) is 4.90 Å². The lowest BCUT2D eigenvalue weighted by Crippen LogP contribution is -2.44. The number of carbonyl (C=O) groups excluding carboxylic acids is 4. The van der Waals surface area contributed by atoms with Gasteiger partial charge in [-0.1, -0.05) is 12.2 Å². The summed E-state index contributed by atoms with van der Waals surface area (Å²) in [5, 5.41) is 2.72. The van der Waals surface area contributed by atoms with Gasteiger partial charge in [-0.15, -0.1) is 0 Å². The fourth-order valence-electron chi connectivity index (χ4n) is 3.91. The number of nitrogens with one attached hydrogen (secondary N) is 1. The molecule has 172 valence electrons. The number of amides is 4. The fraction of sp³-hybridized carbons (Fsp3) is 0.478. The van der Waals surface area contributed by atoms with Crippen LogP contribution in [0, 0.1) is 11.8 Å². The molecule has 0 unspecified atom stereocenters. The molecule has 32 heavy (non-hydrogen) atoms. The van der Waals surface area contributed by atoms with E-state index in [-0.39, 0.29) is 36.7 Å². The Morgan fingerprint density at radius 1 is 1.03 bits per heavy atom. The Kier molecular flexibility index (Phi) is 7.50. The van der Waals surface area contributed by atoms with Crippen LogP contribution in [-0.4, -0.2) is 66.8 Å². The van der Waals surface area contributed by atoms with Gasteiger partial charge < -0.3 is 19.7 Å². The summed E-state index contributed by atoms with van der Waals surface area (Å²) in [6.45, 7) is 4.07. The molecule has 1 aromatic carbocycles. The van der Waals surface area contributed by atoms with Crippen molar-refractivity contribution in [1.82, 2.24) is 9.80 Å². The van der Waals surface area contributed by atoms with E-state index in [4.69, 9.17) is 9.47 Å². The molecule has 0 bridgehead atoms. The van der Waals surface area contributed by atoms with Crippen molar-refractivity contribution in [2.45, 2.75) is 26.7 Å². The number of carbonyl (C=O) groups is 4. The van der Waals surface area contributed by atoms with Gasteiger partial charge in [-0.2, -0.15) is 0 Å². The molecular formula is C23H29N3O6. The zero-order valence-corrected chi connectivity index (χ0v) is 18.6. The molecule has 0 spiro atoms. The number of hydrogen-bond donors (Lipinski definition) is 1. The molecule has 4 amide bonds. The van der Waals surface area contributed by atoms with Gasteiger partial charge in [0.05, 0.1) is 31.6 Å². The maximum atomic E-state index is 12.6. The zero-order chi connectivity index (χ0) is 23.3. The Balaban J connectivity index is 1.56. The number of ether oxygens (including phenoxy) is 2. The SMILES string of the molecule is CCOc1ccc(NC(=O)CN(C)C(=O)CN2C(=O)[C@@H]3CC=CC[C@H]3C2=O)cc1OCC. The Bertz CT molecular complexity index is 902. The molecule has 1 saturated heterocycles. The molecule has 1 N–H and O–H groups in total. The van der Waals surface area contributed by atoms with Crippen molar-refractivity contribution in [2.24, 2.45) is 11.8 Å². The smallest absolute Gasteiger partial charge is 0.243 e. The number of imide groups is 1. The lowest BCUT2D eigenvalue weighted by Gasteiger charge is -2.21. The molecule has 2 atom stereocenters. The van der Waals surface area contributed by atoms with Gasteiger partial charge in [-0.3, -0.25) is 24.1 Å². The highest BCUT2D eigenvalue weighted by molar-refractivity contribution is 6.07. The molecule has 1 heterocycles. The second kappa shape index (κ2) is 10.3. The fourth-order valence-corrected chi connectivity index (χ4v) is 3.91. The van der Waals surface area contributed by atoms with Crippen LogP contribution in [0.15, 0.2) is 30.4 Å². The predicted molar refractivity (Wildman–Crippen MR) is 117 cm³/mol. The highest BCUT2D eigenvalue weighted by Crippen LogP contribution is 2.35. The number of benzene rings is 1. The van der Waals surface area contributed by atoms with E-state index >= 15 is 0 Å². The van der Waals surface area contributed by atoms with Gasteiger partial charge in [-0.05, 0) is 38.8 Å². The standard InChI is InChI=1S/C23H29N3O6/c1-4-31-18-11-10-15(12-19(18)32-5-2)24-20(27)13-25(3)21(28)14-26-22(29)16-8-6-7-9-17(16)23(26)30/h6-7,10-12,16-17H,4-5,8-9,13-14H2,1-3H3,(H,24,27)/t16-,17-/m1/s1. The van der Waals surface area contributed by atoms with Crippen molar-refractivity contribution in [1.29, 1.82) is 0 Å². The van der Waals surface area contributed by atoms with Crippen LogP contribution in [0.1, 0.15) is 26.7 Å². The minimum atomic E-state index is -0.477. The van der Waals surface area contributed by atoms with E-state index in [9.17, 15) is 19.2 Å². The van der Waals surface area contributed by atoms with E-state index in [2.05, 4.69) is 5.32 Å². The molecule has 1 aliphatic heterocycles. The average Bonchev–Trinajstić information content (AvgIpc) is 3.01. The van der Waals surface area contributed by atoms with Crippen LogP contribution in [0.5, 0.6) is 11.5 Å². The summed E-state index contributed by atoms with van der Waals surface area (Å²) in [6.07, 6.45) is 4.83. The number of fused-ring (bicyclic) bond motifs is 1. The minimum Gasteiger partial charge on any atom is -0.490 e. The largest absolute Gasteiger partial charge is 0.490 e. The first kappa shape index (κ1) is 23.3. The van der Waals surface area contributed by atoms with Crippen LogP contribution >= 0.6 is 0 Å². The molecule has 1 aromatic rings. The van der Waals surface area contributed by atoms with Gasteiger partial charge in [-0.25, -0.2) is 0 Å². The van der Waals surface area contributed by atoms with E-state index in [1.807, 2.05) is 26.0 Å². The molecule has 3 rings (SSSR count). The highest BCUT2D eigenvalue weighted by Gasteiger charge is 2.47. The topological polar surface area (TPSA) is 105 Å². The summed E-state index contributed by atoms with van der Waals surface area (Å²) in [5.74, 6) is -1.18. The van der Waals surface area contributed by atoms with Crippen LogP contribution in [-0.2, 0) is 19.2 Å². The number of anilines is 1. The first-order valence-corrected chi connectivity index (χ1v) is 10.8. The van der Waals surface area contributed by atoms with Crippen LogP contribution in [0.25, 0.3) is 0 Å². The van der Waals surface area contributed by atoms with Gasteiger partial charge in [0.25, 0.3) is 0 Å². The molecule has 9 nitrogen and oxygen atoms in total. The molecule has 0 saturated carbocycles. The number of nitrogens with zero attached hydrogens (tertiary/aromatic N) is 2. The lowest BCUT2D eigenvalue weighted by atomic mass is 9.85. The Hall–Kier alpha value is -3.36. The molecule has 0 aromatic heterocycles. The van der Waals surface area contributed by atoms with Gasteiger partial charge in [0.1, 0.15) is 6.54 Å². The quantitative estimate of drug-likeness (QED) is 0.461. The van der Waals surface area contributed by atoms with Crippen molar-refractivity contribution >= 4 is 29.3 Å². The van der Waals surface area contributed by atoms with Crippen LogP contribution in [0.3, 0.4) is 0 Å². The van der Waals surface area contributed by atoms with Gasteiger partial charge in [0.15, 0.2) is 11.5 Å². The normalized spacial score (nSPS) is 19.5. The van der Waals surface area contributed by atoms with E-state index in [1.165, 1.54) is 11.9 Å². The third-order valence-corrected chi connectivity index (χ3v) is 5.53. The van der Waals surface area contributed by atoms with Crippen molar-refractivity contribution in [3.8, 4) is 11.5 Å². The Morgan fingerprint density at radius 2 is 1.62 bits per heavy atom. The minimum absolute atomic E-state index is 0.222. The van der Waals surface area contributed by atoms with Crippen molar-refractivity contribution < 1.29 is 28.7 Å². The number of rotatable bonds is 9. The summed E-state index contributed by atoms with van der Waals surface area (Å²) in [5.41, 5.74) is 0.504. The monoisotopic (exact) mass is 443 g/mol. The molecule has 0 radical (unpaired) electrons. The third kappa shape index (κ3) is 5.09. The second-order valence-corrected chi connectivity index (χ2v) is 7.74. The van der Waals surface area contributed by atoms with Crippen LogP contribution in [0.2, 0.25) is 0 Å². The molecule has 1 aliphatic carbocycles. The van der Waals surface area contributed by atoms with Crippen LogP contribution in [0.4, 0.5) is 5.69 Å². The molecule has 9 heteroatoms. The summed E-state index contributed by atoms with van der Waals surface area (Å²) in [7, 11) is 1.46. The van der Waals surface area contributed by atoms with E-state index in [0.29, 0.717) is 43.2 Å². The maximum absolute atomic E-state index is 12.6. The number of allylic oxidation sites excluding steroid dienone is 2. The maximum Gasteiger partial charge on any atom is 0.243 e. The number of hydrogen-bond acceptors (Lipinski definition) is 6. The van der Waals surface area contributed by atoms with Gasteiger partial charge in [0, 0.05) is 18.8 Å². The highest BCUT2D eigenvalue weighted by atomic mass is 16.5. The van der Waals surface area contributed by atoms with Gasteiger partial charge in [0.2, 0.25) is 23.6 Å². The summed E-state index contributed by atoms with van der Waals surface area (Å²) in [6, 6.07) is 5.05. The first-order valence-electron chi connectivity index (χ1n) is 10.8. The van der Waals surface area contributed by atoms with Crippen molar-refractivity contribution in [3.63, 3.8) is 0 Å². The number of likely N-dealkylation sites (N-methyl/N-ethyl adjacent to an activating group) is 1. The zero-order valence-electron chi connectivity index (χ0n) is 18.6. The Labute approximate surface area is 187 Å². The van der Waals surface area contributed by atoms with Gasteiger partial charge >= 0.3 is 0 Å². The number of likely N-dealkylation sites (tertiary alicyclic amines) is 1. The summed E-state index contributed by atoms with van der Waals surface area (Å²) >= 11 is 0. The third-order valence-electron chi connectivity index (χ3n) is 5.53. The molecular weight excluding hydrogens is 414 g/mol. The first-order chi connectivity index (χ1) is 15.3.